The van der Waals surface area contributed by atoms with Crippen LogP contribution in [0.25, 0.3) is 0 Å². The van der Waals surface area contributed by atoms with Gasteiger partial charge in [0.05, 0.1) is 18.1 Å². The number of morpholine rings is 1. The zero-order valence-electron chi connectivity index (χ0n) is 16.6. The Morgan fingerprint density at radius 2 is 1.67 bits per heavy atom. The van der Waals surface area contributed by atoms with E-state index in [0.717, 1.165) is 37.7 Å². The Balaban J connectivity index is 1.33. The van der Waals surface area contributed by atoms with Gasteiger partial charge in [-0.3, -0.25) is 0 Å². The second-order valence-electron chi connectivity index (χ2n) is 7.13. The van der Waals surface area contributed by atoms with Crippen molar-refractivity contribution in [3.05, 3.63) is 48.7 Å². The molecular formula is C20H25N5O3S2. The number of hydrogen-bond acceptors (Lipinski definition) is 6. The summed E-state index contributed by atoms with van der Waals surface area (Å²) in [7, 11) is -3.49. The van der Waals surface area contributed by atoms with Crippen molar-refractivity contribution in [3.63, 3.8) is 0 Å². The Bertz CT molecular complexity index is 956. The van der Waals surface area contributed by atoms with Gasteiger partial charge >= 0.3 is 0 Å². The number of aromatic nitrogens is 1. The minimum atomic E-state index is -3.49. The van der Waals surface area contributed by atoms with E-state index in [2.05, 4.69) is 20.1 Å². The summed E-state index contributed by atoms with van der Waals surface area (Å²) in [4.78, 5) is 9.04. The summed E-state index contributed by atoms with van der Waals surface area (Å²) in [6.45, 7) is 4.91. The molecule has 2 aliphatic heterocycles. The summed E-state index contributed by atoms with van der Waals surface area (Å²) in [5.74, 6) is 0.980. The molecule has 0 atom stereocenters. The first-order chi connectivity index (χ1) is 14.5. The monoisotopic (exact) mass is 447 g/mol. The highest BCUT2D eigenvalue weighted by atomic mass is 32.2. The van der Waals surface area contributed by atoms with Crippen molar-refractivity contribution in [1.29, 1.82) is 0 Å². The molecule has 0 unspecified atom stereocenters. The van der Waals surface area contributed by atoms with E-state index in [9.17, 15) is 8.42 Å². The average Bonchev–Trinajstić information content (AvgIpc) is 2.81. The molecule has 1 aromatic heterocycles. The molecule has 30 heavy (non-hydrogen) atoms. The van der Waals surface area contributed by atoms with Crippen LogP contribution in [0.3, 0.4) is 0 Å². The molecule has 3 heterocycles. The Morgan fingerprint density at radius 3 is 2.30 bits per heavy atom. The molecule has 2 aromatic rings. The zero-order valence-corrected chi connectivity index (χ0v) is 18.2. The zero-order chi connectivity index (χ0) is 21.0. The van der Waals surface area contributed by atoms with Crippen LogP contribution in [0.4, 0.5) is 11.5 Å². The molecule has 2 saturated heterocycles. The highest BCUT2D eigenvalue weighted by molar-refractivity contribution is 7.89. The molecule has 2 aliphatic rings. The number of nitrogens with one attached hydrogen (secondary N) is 1. The summed E-state index contributed by atoms with van der Waals surface area (Å²) < 4.78 is 32.1. The largest absolute Gasteiger partial charge is 0.379 e. The number of piperazine rings is 1. The predicted octanol–water partition coefficient (Wildman–Crippen LogP) is 1.62. The van der Waals surface area contributed by atoms with Crippen molar-refractivity contribution < 1.29 is 13.2 Å². The van der Waals surface area contributed by atoms with Gasteiger partial charge in [0.1, 0.15) is 5.82 Å². The summed E-state index contributed by atoms with van der Waals surface area (Å²) in [5.41, 5.74) is 0.771. The van der Waals surface area contributed by atoms with Crippen LogP contribution in [0.1, 0.15) is 0 Å². The standard InChI is InChI=1S/C20H25N5O3S2/c26-30(27,25-13-15-28-16-14-25)18-6-4-17(5-7-18)22-20(29)24-11-9-23(10-12-24)19-3-1-2-8-21-19/h1-8H,9-16H2,(H,22,29). The van der Waals surface area contributed by atoms with E-state index in [1.165, 1.54) is 4.31 Å². The maximum atomic E-state index is 12.7. The first-order valence-corrected chi connectivity index (χ1v) is 11.8. The van der Waals surface area contributed by atoms with Crippen molar-refractivity contribution in [2.45, 2.75) is 4.90 Å². The highest BCUT2D eigenvalue weighted by Crippen LogP contribution is 2.20. The van der Waals surface area contributed by atoms with Gasteiger partial charge in [0.2, 0.25) is 10.0 Å². The van der Waals surface area contributed by atoms with E-state index >= 15 is 0 Å². The average molecular weight is 448 g/mol. The lowest BCUT2D eigenvalue weighted by atomic mass is 10.3. The predicted molar refractivity (Wildman–Crippen MR) is 120 cm³/mol. The number of pyridine rings is 1. The fourth-order valence-electron chi connectivity index (χ4n) is 3.53. The molecule has 0 amide bonds. The minimum Gasteiger partial charge on any atom is -0.379 e. The number of nitrogens with zero attached hydrogens (tertiary/aromatic N) is 4. The molecule has 8 nitrogen and oxygen atoms in total. The van der Waals surface area contributed by atoms with Gasteiger partial charge in [-0.15, -0.1) is 0 Å². The lowest BCUT2D eigenvalue weighted by molar-refractivity contribution is 0.0730. The fourth-order valence-corrected chi connectivity index (χ4v) is 5.24. The Kier molecular flexibility index (Phi) is 6.47. The SMILES string of the molecule is O=S(=O)(c1ccc(NC(=S)N2CCN(c3ccccn3)CC2)cc1)N1CCOCC1. The smallest absolute Gasteiger partial charge is 0.243 e. The molecule has 0 spiro atoms. The van der Waals surface area contributed by atoms with Crippen LogP contribution in [-0.2, 0) is 14.8 Å². The number of hydrogen-bond donors (Lipinski definition) is 1. The molecule has 1 N–H and O–H groups in total. The molecule has 160 valence electrons. The maximum Gasteiger partial charge on any atom is 0.243 e. The molecular weight excluding hydrogens is 422 g/mol. The topological polar surface area (TPSA) is 78.0 Å². The van der Waals surface area contributed by atoms with Crippen molar-refractivity contribution in [2.24, 2.45) is 0 Å². The van der Waals surface area contributed by atoms with Crippen molar-refractivity contribution in [3.8, 4) is 0 Å². The molecule has 10 heteroatoms. The van der Waals surface area contributed by atoms with E-state index in [4.69, 9.17) is 17.0 Å². The summed E-state index contributed by atoms with van der Waals surface area (Å²) in [5, 5.41) is 3.86. The lowest BCUT2D eigenvalue weighted by Gasteiger charge is -2.36. The Labute approximate surface area is 182 Å². The number of sulfonamides is 1. The second-order valence-corrected chi connectivity index (χ2v) is 9.46. The minimum absolute atomic E-state index is 0.282. The lowest BCUT2D eigenvalue weighted by Crippen LogP contribution is -2.50. The van der Waals surface area contributed by atoms with Gasteiger partial charge in [0, 0.05) is 51.2 Å². The maximum absolute atomic E-state index is 12.7. The van der Waals surface area contributed by atoms with Crippen molar-refractivity contribution in [1.82, 2.24) is 14.2 Å². The molecule has 2 fully saturated rings. The Hall–Kier alpha value is -2.27. The normalized spacial score (nSPS) is 18.3. The van der Waals surface area contributed by atoms with Crippen LogP contribution in [0.5, 0.6) is 0 Å². The van der Waals surface area contributed by atoms with Crippen molar-refractivity contribution in [2.75, 3.05) is 62.7 Å². The van der Waals surface area contributed by atoms with Crippen LogP contribution < -0.4 is 10.2 Å². The molecule has 0 bridgehead atoms. The second kappa shape index (κ2) is 9.25. The molecule has 1 aromatic carbocycles. The van der Waals surface area contributed by atoms with Gasteiger partial charge in [0.15, 0.2) is 5.11 Å². The van der Waals surface area contributed by atoms with Crippen LogP contribution in [0.15, 0.2) is 53.6 Å². The number of ether oxygens (including phenoxy) is 1. The van der Waals surface area contributed by atoms with Crippen LogP contribution >= 0.6 is 12.2 Å². The first-order valence-electron chi connectivity index (χ1n) is 9.94. The van der Waals surface area contributed by atoms with Gasteiger partial charge in [-0.25, -0.2) is 13.4 Å². The quantitative estimate of drug-likeness (QED) is 0.709. The van der Waals surface area contributed by atoms with E-state index in [0.29, 0.717) is 31.4 Å². The van der Waals surface area contributed by atoms with E-state index in [-0.39, 0.29) is 4.90 Å². The first kappa shape index (κ1) is 21.0. The number of benzene rings is 1. The van der Waals surface area contributed by atoms with E-state index < -0.39 is 10.0 Å². The molecule has 4 rings (SSSR count). The third kappa shape index (κ3) is 4.72. The fraction of sp³-hybridized carbons (Fsp3) is 0.400. The Morgan fingerprint density at radius 1 is 0.967 bits per heavy atom. The van der Waals surface area contributed by atoms with Crippen molar-refractivity contribution >= 4 is 38.9 Å². The van der Waals surface area contributed by atoms with Gasteiger partial charge < -0.3 is 19.9 Å². The van der Waals surface area contributed by atoms with Gasteiger partial charge in [-0.1, -0.05) is 6.07 Å². The highest BCUT2D eigenvalue weighted by Gasteiger charge is 2.26. The molecule has 0 saturated carbocycles. The van der Waals surface area contributed by atoms with Crippen LogP contribution in [0, 0.1) is 0 Å². The summed E-state index contributed by atoms with van der Waals surface area (Å²) in [6.07, 6.45) is 1.80. The molecule has 0 aliphatic carbocycles. The van der Waals surface area contributed by atoms with E-state index in [1.54, 1.807) is 30.5 Å². The number of anilines is 2. The van der Waals surface area contributed by atoms with Gasteiger partial charge in [-0.05, 0) is 48.6 Å². The van der Waals surface area contributed by atoms with E-state index in [1.807, 2.05) is 18.2 Å². The number of thiocarbonyl (C=S) groups is 1. The summed E-state index contributed by atoms with van der Waals surface area (Å²) in [6, 6.07) is 12.7. The number of rotatable bonds is 4. The molecule has 0 radical (unpaired) electrons. The third-order valence-electron chi connectivity index (χ3n) is 5.25. The van der Waals surface area contributed by atoms with Gasteiger partial charge in [-0.2, -0.15) is 4.31 Å². The third-order valence-corrected chi connectivity index (χ3v) is 7.53. The van der Waals surface area contributed by atoms with Crippen LogP contribution in [0.2, 0.25) is 0 Å². The van der Waals surface area contributed by atoms with Crippen LogP contribution in [-0.4, -0.2) is 80.2 Å². The van der Waals surface area contributed by atoms with Gasteiger partial charge in [0.25, 0.3) is 0 Å². The summed E-state index contributed by atoms with van der Waals surface area (Å²) >= 11 is 5.56.